The first kappa shape index (κ1) is 27.0. The molecule has 0 saturated heterocycles. The molecule has 0 aromatic carbocycles. The topological polar surface area (TPSA) is 3.24 Å². The molecule has 0 radical (unpaired) electrons. The summed E-state index contributed by atoms with van der Waals surface area (Å²) in [4.78, 5) is 2.48. The van der Waals surface area contributed by atoms with Crippen molar-refractivity contribution in [1.82, 2.24) is 4.90 Å². The third-order valence-electron chi connectivity index (χ3n) is 7.48. The van der Waals surface area contributed by atoms with E-state index in [1.54, 1.807) is 19.3 Å². The van der Waals surface area contributed by atoms with Crippen molar-refractivity contribution in [2.24, 2.45) is 11.8 Å². The molecule has 1 unspecified atom stereocenters. The normalized spacial score (nSPS) is 19.8. The van der Waals surface area contributed by atoms with Gasteiger partial charge in [-0.25, -0.2) is 0 Å². The summed E-state index contributed by atoms with van der Waals surface area (Å²) in [5, 5.41) is 0. The Hall–Kier alpha value is -0.0400. The Morgan fingerprint density at radius 1 is 0.552 bits per heavy atom. The molecule has 1 fully saturated rings. The van der Waals surface area contributed by atoms with Crippen LogP contribution in [-0.2, 0) is 0 Å². The standard InChI is InChI=1S/C28H57N/c1-5-7-9-11-14-17-21-26-25-27(26)22-18-15-12-16-20-24-28(29(3)4)23-19-13-10-8-6-2/h26-28H,5-25H2,1-4H3/t26-,27?,28+/m1/s1. The van der Waals surface area contributed by atoms with Crippen LogP contribution in [0.2, 0.25) is 0 Å². The van der Waals surface area contributed by atoms with Crippen LogP contribution >= 0.6 is 0 Å². The van der Waals surface area contributed by atoms with Gasteiger partial charge >= 0.3 is 0 Å². The smallest absolute Gasteiger partial charge is 0.00891 e. The van der Waals surface area contributed by atoms with Gasteiger partial charge < -0.3 is 4.90 Å². The molecule has 3 atom stereocenters. The van der Waals surface area contributed by atoms with Crippen molar-refractivity contribution in [2.75, 3.05) is 14.1 Å². The zero-order valence-corrected chi connectivity index (χ0v) is 21.0. The van der Waals surface area contributed by atoms with E-state index < -0.39 is 0 Å². The van der Waals surface area contributed by atoms with Crippen molar-refractivity contribution in [3.05, 3.63) is 0 Å². The lowest BCUT2D eigenvalue weighted by atomic mass is 9.99. The van der Waals surface area contributed by atoms with E-state index in [1.807, 2.05) is 0 Å². The molecule has 1 nitrogen and oxygen atoms in total. The number of hydrogen-bond acceptors (Lipinski definition) is 1. The highest BCUT2D eigenvalue weighted by Crippen LogP contribution is 2.45. The van der Waals surface area contributed by atoms with Gasteiger partial charge in [-0.1, -0.05) is 129 Å². The maximum Gasteiger partial charge on any atom is 0.00891 e. The Kier molecular flexibility index (Phi) is 17.4. The molecule has 1 aliphatic carbocycles. The van der Waals surface area contributed by atoms with Crippen LogP contribution < -0.4 is 0 Å². The maximum absolute atomic E-state index is 2.48. The van der Waals surface area contributed by atoms with E-state index in [2.05, 4.69) is 32.8 Å². The fraction of sp³-hybridized carbons (Fsp3) is 1.00. The maximum atomic E-state index is 2.48. The summed E-state index contributed by atoms with van der Waals surface area (Å²) in [6.07, 6.45) is 30.8. The zero-order valence-electron chi connectivity index (χ0n) is 21.0. The Bertz CT molecular complexity index is 337. The molecule has 0 bridgehead atoms. The van der Waals surface area contributed by atoms with Crippen LogP contribution in [-0.4, -0.2) is 25.0 Å². The van der Waals surface area contributed by atoms with E-state index in [4.69, 9.17) is 0 Å². The second kappa shape index (κ2) is 18.7. The molecule has 0 aliphatic heterocycles. The van der Waals surface area contributed by atoms with E-state index in [-0.39, 0.29) is 0 Å². The lowest BCUT2D eigenvalue weighted by Gasteiger charge is -2.24. The quantitative estimate of drug-likeness (QED) is 0.161. The predicted octanol–water partition coefficient (Wildman–Crippen LogP) is 9.39. The molecule has 174 valence electrons. The lowest BCUT2D eigenvalue weighted by molar-refractivity contribution is 0.251. The summed E-state index contributed by atoms with van der Waals surface area (Å²) in [5.74, 6) is 2.25. The highest BCUT2D eigenvalue weighted by atomic mass is 15.1. The number of rotatable bonds is 22. The average molecular weight is 408 g/mol. The summed E-state index contributed by atoms with van der Waals surface area (Å²) in [7, 11) is 4.57. The third-order valence-corrected chi connectivity index (χ3v) is 7.48. The minimum Gasteiger partial charge on any atom is -0.306 e. The zero-order chi connectivity index (χ0) is 21.2. The molecule has 0 N–H and O–H groups in total. The Morgan fingerprint density at radius 2 is 0.931 bits per heavy atom. The second-order valence-electron chi connectivity index (χ2n) is 10.5. The van der Waals surface area contributed by atoms with Gasteiger partial charge in [-0.3, -0.25) is 0 Å². The van der Waals surface area contributed by atoms with Crippen molar-refractivity contribution in [3.8, 4) is 0 Å². The van der Waals surface area contributed by atoms with Crippen LogP contribution in [0.1, 0.15) is 149 Å². The summed E-state index contributed by atoms with van der Waals surface area (Å²) in [5.41, 5.74) is 0. The molecule has 0 aromatic heterocycles. The molecule has 0 heterocycles. The van der Waals surface area contributed by atoms with Gasteiger partial charge in [0.25, 0.3) is 0 Å². The van der Waals surface area contributed by atoms with Crippen LogP contribution in [0.15, 0.2) is 0 Å². The molecule has 1 heteroatoms. The monoisotopic (exact) mass is 407 g/mol. The predicted molar refractivity (Wildman–Crippen MR) is 133 cm³/mol. The van der Waals surface area contributed by atoms with E-state index >= 15 is 0 Å². The van der Waals surface area contributed by atoms with Gasteiger partial charge in [0, 0.05) is 6.04 Å². The van der Waals surface area contributed by atoms with Crippen molar-refractivity contribution in [3.63, 3.8) is 0 Å². The Balaban J connectivity index is 1.87. The summed E-state index contributed by atoms with van der Waals surface area (Å²) >= 11 is 0. The van der Waals surface area contributed by atoms with Crippen LogP contribution in [0.5, 0.6) is 0 Å². The molecular formula is C28H57N. The molecular weight excluding hydrogens is 350 g/mol. The van der Waals surface area contributed by atoms with Gasteiger partial charge in [0.15, 0.2) is 0 Å². The van der Waals surface area contributed by atoms with Crippen molar-refractivity contribution in [1.29, 1.82) is 0 Å². The Morgan fingerprint density at radius 3 is 1.34 bits per heavy atom. The van der Waals surface area contributed by atoms with Crippen molar-refractivity contribution < 1.29 is 0 Å². The summed E-state index contributed by atoms with van der Waals surface area (Å²) < 4.78 is 0. The van der Waals surface area contributed by atoms with Gasteiger partial charge in [-0.2, -0.15) is 0 Å². The molecule has 1 rings (SSSR count). The first-order chi connectivity index (χ1) is 14.2. The number of nitrogens with zero attached hydrogens (tertiary/aromatic N) is 1. The molecule has 29 heavy (non-hydrogen) atoms. The molecule has 0 spiro atoms. The van der Waals surface area contributed by atoms with E-state index in [9.17, 15) is 0 Å². The molecule has 1 aliphatic rings. The van der Waals surface area contributed by atoms with Gasteiger partial charge in [0.05, 0.1) is 0 Å². The molecule has 1 saturated carbocycles. The Labute approximate surface area is 185 Å². The summed E-state index contributed by atoms with van der Waals surface area (Å²) in [6, 6.07) is 0.825. The lowest BCUT2D eigenvalue weighted by Crippen LogP contribution is -2.27. The molecule has 0 aromatic rings. The fourth-order valence-electron chi connectivity index (χ4n) is 5.17. The van der Waals surface area contributed by atoms with E-state index in [0.717, 1.165) is 17.9 Å². The van der Waals surface area contributed by atoms with Crippen LogP contribution in [0.25, 0.3) is 0 Å². The van der Waals surface area contributed by atoms with Crippen molar-refractivity contribution in [2.45, 2.75) is 155 Å². The minimum absolute atomic E-state index is 0.825. The molecule has 0 amide bonds. The van der Waals surface area contributed by atoms with Crippen LogP contribution in [0.4, 0.5) is 0 Å². The second-order valence-corrected chi connectivity index (χ2v) is 10.5. The highest BCUT2D eigenvalue weighted by Gasteiger charge is 2.34. The average Bonchev–Trinajstić information content (AvgIpc) is 3.46. The first-order valence-electron chi connectivity index (χ1n) is 13.8. The number of hydrogen-bond donors (Lipinski definition) is 0. The summed E-state index contributed by atoms with van der Waals surface area (Å²) in [6.45, 7) is 4.62. The fourth-order valence-corrected chi connectivity index (χ4v) is 5.17. The first-order valence-corrected chi connectivity index (χ1v) is 13.8. The van der Waals surface area contributed by atoms with Gasteiger partial charge in [-0.15, -0.1) is 0 Å². The SMILES string of the molecule is CCCCCCCC[C@@H]1CC1CCCCCCC[C@H](CCCCCCC)N(C)C. The van der Waals surface area contributed by atoms with Gasteiger partial charge in [-0.05, 0) is 45.2 Å². The third kappa shape index (κ3) is 15.4. The highest BCUT2D eigenvalue weighted by molar-refractivity contribution is 4.85. The van der Waals surface area contributed by atoms with Crippen LogP contribution in [0, 0.1) is 11.8 Å². The van der Waals surface area contributed by atoms with E-state index in [0.29, 0.717) is 0 Å². The number of unbranched alkanes of at least 4 members (excludes halogenated alkanes) is 13. The van der Waals surface area contributed by atoms with E-state index in [1.165, 1.54) is 116 Å². The van der Waals surface area contributed by atoms with Gasteiger partial charge in [0.1, 0.15) is 0 Å². The minimum atomic E-state index is 0.825. The van der Waals surface area contributed by atoms with Crippen molar-refractivity contribution >= 4 is 0 Å². The van der Waals surface area contributed by atoms with Gasteiger partial charge in [0.2, 0.25) is 0 Å². The largest absolute Gasteiger partial charge is 0.306 e. The van der Waals surface area contributed by atoms with Crippen LogP contribution in [0.3, 0.4) is 0 Å².